The number of carbonyl (C=O) groups is 1. The van der Waals surface area contributed by atoms with E-state index in [2.05, 4.69) is 5.32 Å². The number of hydrogen-bond donors (Lipinski definition) is 1. The highest BCUT2D eigenvalue weighted by atomic mass is 35.5. The molecule has 1 atom stereocenters. The molecular formula is C20H23ClN2O5S. The second-order valence-corrected chi connectivity index (χ2v) is 8.94. The second kappa shape index (κ2) is 8.92. The molecule has 2 aromatic rings. The summed E-state index contributed by atoms with van der Waals surface area (Å²) in [5, 5.41) is 3.24. The van der Waals surface area contributed by atoms with Crippen molar-refractivity contribution in [3.05, 3.63) is 53.1 Å². The van der Waals surface area contributed by atoms with E-state index in [1.807, 2.05) is 31.2 Å². The summed E-state index contributed by atoms with van der Waals surface area (Å²) in [4.78, 5) is 12.8. The van der Waals surface area contributed by atoms with Gasteiger partial charge in [-0.2, -0.15) is 0 Å². The van der Waals surface area contributed by atoms with E-state index in [9.17, 15) is 13.2 Å². The van der Waals surface area contributed by atoms with Crippen LogP contribution in [0.5, 0.6) is 11.5 Å². The molecular weight excluding hydrogens is 416 g/mol. The first-order chi connectivity index (χ1) is 13.8. The van der Waals surface area contributed by atoms with Gasteiger partial charge >= 0.3 is 0 Å². The lowest BCUT2D eigenvalue weighted by molar-refractivity contribution is -0.128. The first kappa shape index (κ1) is 21.3. The first-order valence-electron chi connectivity index (χ1n) is 9.22. The van der Waals surface area contributed by atoms with E-state index in [-0.39, 0.29) is 25.4 Å². The molecule has 0 saturated carbocycles. The van der Waals surface area contributed by atoms with Gasteiger partial charge in [0.05, 0.1) is 18.6 Å². The number of benzene rings is 2. The van der Waals surface area contributed by atoms with Gasteiger partial charge in [-0.25, -0.2) is 8.42 Å². The smallest absolute Gasteiger partial charge is 0.261 e. The van der Waals surface area contributed by atoms with Crippen molar-refractivity contribution in [2.24, 2.45) is 0 Å². The van der Waals surface area contributed by atoms with Gasteiger partial charge in [0.1, 0.15) is 11.5 Å². The number of halogens is 1. The molecule has 7 nitrogen and oxygen atoms in total. The highest BCUT2D eigenvalue weighted by molar-refractivity contribution is 7.92. The number of hydrogen-bond acceptors (Lipinski definition) is 5. The van der Waals surface area contributed by atoms with Gasteiger partial charge in [0.15, 0.2) is 6.10 Å². The first-order valence-corrected chi connectivity index (χ1v) is 11.4. The fourth-order valence-electron chi connectivity index (χ4n) is 3.12. The van der Waals surface area contributed by atoms with Gasteiger partial charge in [-0.3, -0.25) is 9.10 Å². The second-order valence-electron chi connectivity index (χ2n) is 6.60. The van der Waals surface area contributed by atoms with Crippen LogP contribution in [0, 0.1) is 0 Å². The van der Waals surface area contributed by atoms with Crippen LogP contribution in [0.1, 0.15) is 18.9 Å². The van der Waals surface area contributed by atoms with Gasteiger partial charge < -0.3 is 14.8 Å². The standard InChI is InChI=1S/C20H23ClN2O5S/c1-3-27-17-7-5-4-6-14(17)13-22-20(24)19-10-11-23(29(2,25)26)16-12-15(21)8-9-18(16)28-19/h4-9,12,19H,3,10-11,13H2,1-2H3,(H,22,24)/t19-/m1/s1. The summed E-state index contributed by atoms with van der Waals surface area (Å²) >= 11 is 6.03. The number of nitrogens with one attached hydrogen (secondary N) is 1. The number of para-hydroxylation sites is 1. The van der Waals surface area contributed by atoms with Gasteiger partial charge in [-0.1, -0.05) is 29.8 Å². The zero-order chi connectivity index (χ0) is 21.0. The molecule has 29 heavy (non-hydrogen) atoms. The Morgan fingerprint density at radius 2 is 2.07 bits per heavy atom. The maximum atomic E-state index is 12.8. The van der Waals surface area contributed by atoms with Gasteiger partial charge in [-0.15, -0.1) is 0 Å². The quantitative estimate of drug-likeness (QED) is 0.749. The number of nitrogens with zero attached hydrogens (tertiary/aromatic N) is 1. The molecule has 0 spiro atoms. The van der Waals surface area contributed by atoms with E-state index in [1.54, 1.807) is 12.1 Å². The normalized spacial score (nSPS) is 16.4. The van der Waals surface area contributed by atoms with Crippen LogP contribution in [0.15, 0.2) is 42.5 Å². The average Bonchev–Trinajstić information content (AvgIpc) is 2.86. The van der Waals surface area contributed by atoms with E-state index in [1.165, 1.54) is 10.4 Å². The Labute approximate surface area is 175 Å². The third-order valence-electron chi connectivity index (χ3n) is 4.47. The zero-order valence-corrected chi connectivity index (χ0v) is 17.8. The van der Waals surface area contributed by atoms with Crippen LogP contribution in [0.4, 0.5) is 5.69 Å². The van der Waals surface area contributed by atoms with Crippen LogP contribution in [-0.2, 0) is 21.4 Å². The molecule has 0 fully saturated rings. The molecule has 3 rings (SSSR count). The van der Waals surface area contributed by atoms with E-state index in [0.717, 1.165) is 11.8 Å². The molecule has 0 saturated heterocycles. The lowest BCUT2D eigenvalue weighted by atomic mass is 10.2. The summed E-state index contributed by atoms with van der Waals surface area (Å²) in [6.45, 7) is 2.81. The Bertz CT molecular complexity index is 996. The molecule has 1 amide bonds. The van der Waals surface area contributed by atoms with E-state index < -0.39 is 16.1 Å². The molecule has 156 valence electrons. The van der Waals surface area contributed by atoms with Crippen LogP contribution >= 0.6 is 11.6 Å². The third kappa shape index (κ3) is 5.13. The number of anilines is 1. The van der Waals surface area contributed by atoms with Crippen molar-refractivity contribution in [2.75, 3.05) is 23.7 Å². The van der Waals surface area contributed by atoms with Crippen molar-refractivity contribution >= 4 is 33.2 Å². The molecule has 0 radical (unpaired) electrons. The van der Waals surface area contributed by atoms with Crippen molar-refractivity contribution in [2.45, 2.75) is 26.0 Å². The minimum atomic E-state index is -3.55. The van der Waals surface area contributed by atoms with Gasteiger partial charge in [0.2, 0.25) is 10.0 Å². The van der Waals surface area contributed by atoms with E-state index >= 15 is 0 Å². The topological polar surface area (TPSA) is 84.9 Å². The number of rotatable bonds is 6. The predicted molar refractivity (Wildman–Crippen MR) is 112 cm³/mol. The fourth-order valence-corrected chi connectivity index (χ4v) is 4.23. The summed E-state index contributed by atoms with van der Waals surface area (Å²) in [6.07, 6.45) is 0.488. The zero-order valence-electron chi connectivity index (χ0n) is 16.2. The largest absolute Gasteiger partial charge is 0.494 e. The van der Waals surface area contributed by atoms with Gasteiger partial charge in [0, 0.05) is 30.1 Å². The van der Waals surface area contributed by atoms with Crippen LogP contribution in [0.25, 0.3) is 0 Å². The number of amides is 1. The fraction of sp³-hybridized carbons (Fsp3) is 0.350. The Kier molecular flexibility index (Phi) is 6.54. The van der Waals surface area contributed by atoms with Crippen LogP contribution in [0.2, 0.25) is 5.02 Å². The summed E-state index contributed by atoms with van der Waals surface area (Å²) in [5.41, 5.74) is 1.18. The lowest BCUT2D eigenvalue weighted by Crippen LogP contribution is -2.39. The van der Waals surface area contributed by atoms with Crippen molar-refractivity contribution in [1.29, 1.82) is 0 Å². The Morgan fingerprint density at radius 1 is 1.31 bits per heavy atom. The van der Waals surface area contributed by atoms with Gasteiger partial charge in [-0.05, 0) is 31.2 Å². The van der Waals surface area contributed by atoms with Crippen LogP contribution in [0.3, 0.4) is 0 Å². The van der Waals surface area contributed by atoms with E-state index in [0.29, 0.717) is 28.8 Å². The van der Waals surface area contributed by atoms with Crippen molar-refractivity contribution in [1.82, 2.24) is 5.32 Å². The lowest BCUT2D eigenvalue weighted by Gasteiger charge is -2.21. The SMILES string of the molecule is CCOc1ccccc1CNC(=O)[C@H]1CCN(S(C)(=O)=O)c2cc(Cl)ccc2O1. The molecule has 0 unspecified atom stereocenters. The number of carbonyl (C=O) groups excluding carboxylic acids is 1. The molecule has 9 heteroatoms. The minimum absolute atomic E-state index is 0.111. The minimum Gasteiger partial charge on any atom is -0.494 e. The van der Waals surface area contributed by atoms with E-state index in [4.69, 9.17) is 21.1 Å². The molecule has 0 aromatic heterocycles. The number of sulfonamides is 1. The maximum absolute atomic E-state index is 12.8. The van der Waals surface area contributed by atoms with Crippen molar-refractivity contribution in [3.8, 4) is 11.5 Å². The van der Waals surface area contributed by atoms with Gasteiger partial charge in [0.25, 0.3) is 5.91 Å². The number of ether oxygens (including phenoxy) is 2. The monoisotopic (exact) mass is 438 g/mol. The molecule has 0 aliphatic carbocycles. The molecule has 1 aliphatic heterocycles. The molecule has 2 aromatic carbocycles. The highest BCUT2D eigenvalue weighted by Crippen LogP contribution is 2.36. The maximum Gasteiger partial charge on any atom is 0.261 e. The molecule has 0 bridgehead atoms. The van der Waals surface area contributed by atoms with Crippen molar-refractivity contribution < 1.29 is 22.7 Å². The number of fused-ring (bicyclic) bond motifs is 1. The Balaban J connectivity index is 1.77. The predicted octanol–water partition coefficient (Wildman–Crippen LogP) is 2.97. The van der Waals surface area contributed by atoms with Crippen LogP contribution < -0.4 is 19.1 Å². The third-order valence-corrected chi connectivity index (χ3v) is 5.89. The Morgan fingerprint density at radius 3 is 2.79 bits per heavy atom. The van der Waals surface area contributed by atoms with Crippen molar-refractivity contribution in [3.63, 3.8) is 0 Å². The molecule has 1 N–H and O–H groups in total. The summed E-state index contributed by atoms with van der Waals surface area (Å²) in [7, 11) is -3.55. The molecule has 1 heterocycles. The highest BCUT2D eigenvalue weighted by Gasteiger charge is 2.31. The average molecular weight is 439 g/mol. The summed E-state index contributed by atoms with van der Waals surface area (Å²) < 4.78 is 37.1. The Hall–Kier alpha value is -2.45. The van der Waals surface area contributed by atoms with Crippen LogP contribution in [-0.4, -0.2) is 39.8 Å². The summed E-state index contributed by atoms with van der Waals surface area (Å²) in [5.74, 6) is 0.681. The molecule has 1 aliphatic rings. The summed E-state index contributed by atoms with van der Waals surface area (Å²) in [6, 6.07) is 12.2.